The lowest BCUT2D eigenvalue weighted by Gasteiger charge is -2.21. The third-order valence-electron chi connectivity index (χ3n) is 3.58. The fourth-order valence-electron chi connectivity index (χ4n) is 2.51. The van der Waals surface area contributed by atoms with E-state index in [9.17, 15) is 9.90 Å². The Bertz CT molecular complexity index is 596. The zero-order chi connectivity index (χ0) is 13.9. The van der Waals surface area contributed by atoms with E-state index >= 15 is 0 Å². The topological polar surface area (TPSA) is 71.2 Å². The van der Waals surface area contributed by atoms with Gasteiger partial charge in [0.1, 0.15) is 0 Å². The number of benzene rings is 1. The van der Waals surface area contributed by atoms with Crippen molar-refractivity contribution in [3.63, 3.8) is 0 Å². The molecule has 1 amide bonds. The van der Waals surface area contributed by atoms with Crippen LogP contribution in [0.5, 0.6) is 0 Å². The van der Waals surface area contributed by atoms with Crippen LogP contribution in [-0.4, -0.2) is 50.1 Å². The third-order valence-corrected chi connectivity index (χ3v) is 3.58. The number of amides is 1. The molecule has 1 aliphatic rings. The van der Waals surface area contributed by atoms with E-state index < -0.39 is 0 Å². The molecule has 6 heteroatoms. The van der Waals surface area contributed by atoms with Gasteiger partial charge in [0.2, 0.25) is 0 Å². The van der Waals surface area contributed by atoms with Crippen molar-refractivity contribution in [3.8, 4) is 5.69 Å². The Balaban J connectivity index is 1.82. The molecule has 2 heterocycles. The van der Waals surface area contributed by atoms with E-state index in [1.165, 1.54) is 0 Å². The summed E-state index contributed by atoms with van der Waals surface area (Å²) in [7, 11) is 0. The molecular formula is C14H16N4O2. The number of rotatable bonds is 3. The highest BCUT2D eigenvalue weighted by Gasteiger charge is 2.30. The number of aliphatic hydroxyl groups excluding tert-OH is 1. The molecule has 1 aromatic carbocycles. The minimum Gasteiger partial charge on any atom is -0.394 e. The van der Waals surface area contributed by atoms with Gasteiger partial charge in [-0.15, -0.1) is 5.10 Å². The molecule has 1 atom stereocenters. The summed E-state index contributed by atoms with van der Waals surface area (Å²) in [4.78, 5) is 14.0. The Hall–Kier alpha value is -2.21. The number of hydrogen-bond acceptors (Lipinski definition) is 4. The van der Waals surface area contributed by atoms with Crippen LogP contribution in [0.2, 0.25) is 0 Å². The van der Waals surface area contributed by atoms with Crippen molar-refractivity contribution in [1.29, 1.82) is 0 Å². The first-order chi connectivity index (χ1) is 9.79. The molecule has 1 aromatic heterocycles. The lowest BCUT2D eigenvalue weighted by molar-refractivity contribution is 0.0671. The van der Waals surface area contributed by atoms with Crippen molar-refractivity contribution in [2.75, 3.05) is 13.2 Å². The molecule has 1 fully saturated rings. The summed E-state index contributed by atoms with van der Waals surface area (Å²) in [6.45, 7) is 0.667. The van der Waals surface area contributed by atoms with Crippen LogP contribution in [0.25, 0.3) is 5.69 Å². The first-order valence-electron chi connectivity index (χ1n) is 6.69. The van der Waals surface area contributed by atoms with Crippen molar-refractivity contribution in [2.45, 2.75) is 18.9 Å². The maximum absolute atomic E-state index is 12.4. The third kappa shape index (κ3) is 2.30. The van der Waals surface area contributed by atoms with Gasteiger partial charge in [0.05, 0.1) is 24.5 Å². The van der Waals surface area contributed by atoms with Crippen LogP contribution >= 0.6 is 0 Å². The summed E-state index contributed by atoms with van der Waals surface area (Å²) in [6, 6.07) is 9.43. The number of aliphatic hydroxyl groups is 1. The van der Waals surface area contributed by atoms with Crippen molar-refractivity contribution in [2.24, 2.45) is 0 Å². The highest BCUT2D eigenvalue weighted by Crippen LogP contribution is 2.19. The van der Waals surface area contributed by atoms with Crippen molar-refractivity contribution in [3.05, 3.63) is 42.2 Å². The zero-order valence-corrected chi connectivity index (χ0v) is 11.0. The second-order valence-corrected chi connectivity index (χ2v) is 4.86. The summed E-state index contributed by atoms with van der Waals surface area (Å²) in [5.74, 6) is -0.163. The Morgan fingerprint density at radius 1 is 1.35 bits per heavy atom. The fourth-order valence-corrected chi connectivity index (χ4v) is 2.51. The molecule has 6 nitrogen and oxygen atoms in total. The van der Waals surface area contributed by atoms with E-state index in [0.717, 1.165) is 18.5 Å². The normalized spacial score (nSPS) is 18.4. The van der Waals surface area contributed by atoms with E-state index in [2.05, 4.69) is 10.3 Å². The molecule has 0 unspecified atom stereocenters. The number of likely N-dealkylation sites (tertiary alicyclic amines) is 1. The zero-order valence-electron chi connectivity index (χ0n) is 11.0. The molecule has 0 bridgehead atoms. The summed E-state index contributed by atoms with van der Waals surface area (Å²) in [6.07, 6.45) is 3.39. The Morgan fingerprint density at radius 2 is 2.15 bits per heavy atom. The molecule has 1 N–H and O–H groups in total. The van der Waals surface area contributed by atoms with Gasteiger partial charge in [-0.25, -0.2) is 4.68 Å². The van der Waals surface area contributed by atoms with Crippen LogP contribution in [-0.2, 0) is 0 Å². The smallest absolute Gasteiger partial charge is 0.276 e. The fraction of sp³-hybridized carbons (Fsp3) is 0.357. The SMILES string of the molecule is O=C(c1cn(-c2ccccc2)nn1)N1CCC[C@@H]1CO. The van der Waals surface area contributed by atoms with Gasteiger partial charge in [0, 0.05) is 6.54 Å². The molecule has 1 saturated heterocycles. The lowest BCUT2D eigenvalue weighted by atomic mass is 10.2. The van der Waals surface area contributed by atoms with Crippen molar-refractivity contribution >= 4 is 5.91 Å². The second kappa shape index (κ2) is 5.42. The summed E-state index contributed by atoms with van der Waals surface area (Å²) < 4.78 is 1.58. The molecule has 104 valence electrons. The van der Waals surface area contributed by atoms with Gasteiger partial charge in [-0.05, 0) is 25.0 Å². The van der Waals surface area contributed by atoms with Crippen molar-refractivity contribution in [1.82, 2.24) is 19.9 Å². The monoisotopic (exact) mass is 272 g/mol. The predicted molar refractivity (Wildman–Crippen MR) is 72.5 cm³/mol. The van der Waals surface area contributed by atoms with E-state index in [-0.39, 0.29) is 18.6 Å². The van der Waals surface area contributed by atoms with E-state index in [1.54, 1.807) is 15.8 Å². The molecule has 20 heavy (non-hydrogen) atoms. The number of aromatic nitrogens is 3. The van der Waals surface area contributed by atoms with Gasteiger partial charge in [0.25, 0.3) is 5.91 Å². The number of carbonyl (C=O) groups is 1. The maximum atomic E-state index is 12.4. The molecule has 0 spiro atoms. The first kappa shape index (κ1) is 12.8. The highest BCUT2D eigenvalue weighted by atomic mass is 16.3. The second-order valence-electron chi connectivity index (χ2n) is 4.86. The van der Waals surface area contributed by atoms with Gasteiger partial charge < -0.3 is 10.0 Å². The Labute approximate surface area is 116 Å². The van der Waals surface area contributed by atoms with Crippen LogP contribution in [0.3, 0.4) is 0 Å². The van der Waals surface area contributed by atoms with Crippen LogP contribution < -0.4 is 0 Å². The summed E-state index contributed by atoms with van der Waals surface area (Å²) in [5.41, 5.74) is 1.17. The standard InChI is InChI=1S/C14H16N4O2/c19-10-12-7-4-8-17(12)14(20)13-9-18(16-15-13)11-5-2-1-3-6-11/h1-3,5-6,9,12,19H,4,7-8,10H2/t12-/m1/s1. The molecule has 0 radical (unpaired) electrons. The summed E-state index contributed by atoms with van der Waals surface area (Å²) in [5, 5.41) is 17.2. The number of para-hydroxylation sites is 1. The minimum atomic E-state index is -0.163. The largest absolute Gasteiger partial charge is 0.394 e. The predicted octanol–water partition coefficient (Wildman–Crippen LogP) is 0.864. The Kier molecular flexibility index (Phi) is 3.47. The summed E-state index contributed by atoms with van der Waals surface area (Å²) >= 11 is 0. The Morgan fingerprint density at radius 3 is 2.90 bits per heavy atom. The molecule has 0 aliphatic carbocycles. The number of nitrogens with zero attached hydrogens (tertiary/aromatic N) is 4. The average molecular weight is 272 g/mol. The van der Waals surface area contributed by atoms with Crippen molar-refractivity contribution < 1.29 is 9.90 Å². The van der Waals surface area contributed by atoms with Gasteiger partial charge in [-0.2, -0.15) is 0 Å². The lowest BCUT2D eigenvalue weighted by Crippen LogP contribution is -2.37. The molecular weight excluding hydrogens is 256 g/mol. The molecule has 1 aliphatic heterocycles. The number of hydrogen-bond donors (Lipinski definition) is 1. The first-order valence-corrected chi connectivity index (χ1v) is 6.69. The quantitative estimate of drug-likeness (QED) is 0.899. The van der Waals surface area contributed by atoms with Crippen LogP contribution in [0, 0.1) is 0 Å². The molecule has 0 saturated carbocycles. The van der Waals surface area contributed by atoms with Crippen LogP contribution in [0.15, 0.2) is 36.5 Å². The average Bonchev–Trinajstić information content (AvgIpc) is 3.16. The van der Waals surface area contributed by atoms with E-state index in [0.29, 0.717) is 12.2 Å². The van der Waals surface area contributed by atoms with E-state index in [4.69, 9.17) is 0 Å². The molecule has 2 aromatic rings. The van der Waals surface area contributed by atoms with Crippen LogP contribution in [0.1, 0.15) is 23.3 Å². The highest BCUT2D eigenvalue weighted by molar-refractivity contribution is 5.92. The number of carbonyl (C=O) groups excluding carboxylic acids is 1. The van der Waals surface area contributed by atoms with Gasteiger partial charge >= 0.3 is 0 Å². The van der Waals surface area contributed by atoms with Crippen LogP contribution in [0.4, 0.5) is 0 Å². The van der Waals surface area contributed by atoms with Gasteiger partial charge in [-0.3, -0.25) is 4.79 Å². The van der Waals surface area contributed by atoms with E-state index in [1.807, 2.05) is 30.3 Å². The van der Waals surface area contributed by atoms with Gasteiger partial charge in [-0.1, -0.05) is 23.4 Å². The molecule has 3 rings (SSSR count). The maximum Gasteiger partial charge on any atom is 0.276 e. The minimum absolute atomic E-state index is 0.00143. The van der Waals surface area contributed by atoms with Gasteiger partial charge in [0.15, 0.2) is 5.69 Å².